The van der Waals surface area contributed by atoms with Crippen LogP contribution in [0.3, 0.4) is 0 Å². The zero-order valence-electron chi connectivity index (χ0n) is 18.1. The average Bonchev–Trinajstić information content (AvgIpc) is 3.01. The number of rotatable bonds is 6. The summed E-state index contributed by atoms with van der Waals surface area (Å²) in [4.78, 5) is 64.9. The van der Waals surface area contributed by atoms with Crippen LogP contribution >= 0.6 is 12.4 Å². The topological polar surface area (TPSA) is 259 Å². The molecule has 4 amide bonds. The molecular weight excluding hydrogens is 478 g/mol. The molecule has 0 radical (unpaired) electrons. The lowest BCUT2D eigenvalue weighted by Gasteiger charge is -2.23. The van der Waals surface area contributed by atoms with E-state index in [0.29, 0.717) is 6.42 Å². The van der Waals surface area contributed by atoms with Crippen LogP contribution in [-0.4, -0.2) is 94.3 Å². The van der Waals surface area contributed by atoms with Crippen LogP contribution < -0.4 is 32.7 Å². The molecule has 0 aromatic heterocycles. The Morgan fingerprint density at radius 3 is 2.26 bits per heavy atom. The van der Waals surface area contributed by atoms with Gasteiger partial charge in [-0.1, -0.05) is 0 Å². The Balaban J connectivity index is 0.00000578. The maximum absolute atomic E-state index is 12.8. The smallest absolute Gasteiger partial charge is 0.305 e. The largest absolute Gasteiger partial charge is 0.481 e. The van der Waals surface area contributed by atoms with Gasteiger partial charge in [-0.05, 0) is 19.3 Å². The number of aliphatic hydroxyl groups excluding tert-OH is 2. The fraction of sp³-hybridized carbons (Fsp3) is 0.667. The van der Waals surface area contributed by atoms with E-state index in [0.717, 1.165) is 0 Å². The molecule has 16 heteroatoms. The van der Waals surface area contributed by atoms with Gasteiger partial charge in [0.2, 0.25) is 23.6 Å². The van der Waals surface area contributed by atoms with E-state index in [-0.39, 0.29) is 37.8 Å². The number of carboxylic acid groups (broad SMARTS) is 1. The normalized spacial score (nSPS) is 29.9. The van der Waals surface area contributed by atoms with Gasteiger partial charge in [0.15, 0.2) is 5.96 Å². The summed E-state index contributed by atoms with van der Waals surface area (Å²) in [5.74, 6) is -5.85. The monoisotopic (exact) mass is 507 g/mol. The predicted molar refractivity (Wildman–Crippen MR) is 118 cm³/mol. The van der Waals surface area contributed by atoms with Crippen molar-refractivity contribution in [3.8, 4) is 0 Å². The Hall–Kier alpha value is -3.17. The van der Waals surface area contributed by atoms with Crippen molar-refractivity contribution in [3.05, 3.63) is 0 Å². The number of amides is 4. The molecular formula is C18H30ClN7O8. The van der Waals surface area contributed by atoms with Crippen molar-refractivity contribution in [1.29, 1.82) is 0 Å². The molecule has 192 valence electrons. The quantitative estimate of drug-likeness (QED) is 0.0941. The van der Waals surface area contributed by atoms with Crippen LogP contribution in [0.4, 0.5) is 0 Å². The Labute approximate surface area is 200 Å². The van der Waals surface area contributed by atoms with Gasteiger partial charge in [-0.15, -0.1) is 12.4 Å². The maximum atomic E-state index is 12.8. The van der Waals surface area contributed by atoms with E-state index in [2.05, 4.69) is 26.3 Å². The van der Waals surface area contributed by atoms with Crippen LogP contribution in [0.25, 0.3) is 0 Å². The number of halogens is 1. The van der Waals surface area contributed by atoms with Gasteiger partial charge >= 0.3 is 5.97 Å². The van der Waals surface area contributed by atoms with Crippen LogP contribution in [0.15, 0.2) is 4.99 Å². The first-order valence-electron chi connectivity index (χ1n) is 10.3. The molecule has 2 fully saturated rings. The second-order valence-corrected chi connectivity index (χ2v) is 7.88. The van der Waals surface area contributed by atoms with Gasteiger partial charge in [-0.3, -0.25) is 29.0 Å². The van der Waals surface area contributed by atoms with E-state index in [1.807, 2.05) is 0 Å². The molecule has 11 N–H and O–H groups in total. The Morgan fingerprint density at radius 1 is 0.971 bits per heavy atom. The lowest BCUT2D eigenvalue weighted by atomic mass is 10.0. The summed E-state index contributed by atoms with van der Waals surface area (Å²) in [5.41, 5.74) is 10.5. The highest BCUT2D eigenvalue weighted by Gasteiger charge is 2.46. The number of nitrogens with one attached hydrogen (secondary N) is 4. The van der Waals surface area contributed by atoms with Crippen LogP contribution in [0.2, 0.25) is 0 Å². The number of nitrogens with two attached hydrogens (primary N) is 2. The third kappa shape index (κ3) is 8.00. The van der Waals surface area contributed by atoms with E-state index >= 15 is 0 Å². The van der Waals surface area contributed by atoms with Crippen molar-refractivity contribution < 1.29 is 39.3 Å². The summed E-state index contributed by atoms with van der Waals surface area (Å²) in [7, 11) is 0. The standard InChI is InChI=1S/C18H29N7O8.ClH/c19-18(20)21-3-1-2-8-16(32)22-6-11(26)23-10(5-12(27)28)17(33)25-9-4-7(15(31)24-8)13(29)14(9)30;/h7-10,13-14,29-30H,1-6H2,(H,22,32)(H,23,26)(H,24,31)(H,25,33)(H,27,28)(H4,19,20,21);1H/t7-,8-,9+,10-,13-,14-;/m0./s1. The molecule has 2 aliphatic rings. The first kappa shape index (κ1) is 28.9. The number of carboxylic acids is 1. The minimum absolute atomic E-state index is 0. The molecule has 0 aromatic rings. The van der Waals surface area contributed by atoms with E-state index in [1.54, 1.807) is 0 Å². The zero-order valence-corrected chi connectivity index (χ0v) is 18.9. The highest BCUT2D eigenvalue weighted by Crippen LogP contribution is 2.27. The van der Waals surface area contributed by atoms with E-state index in [1.165, 1.54) is 0 Å². The van der Waals surface area contributed by atoms with Gasteiger partial charge in [0, 0.05) is 6.54 Å². The van der Waals surface area contributed by atoms with Gasteiger partial charge < -0.3 is 48.1 Å². The third-order valence-electron chi connectivity index (χ3n) is 5.38. The minimum Gasteiger partial charge on any atom is -0.481 e. The molecule has 6 atom stereocenters. The third-order valence-corrected chi connectivity index (χ3v) is 5.38. The number of aliphatic imine (C=N–C) groups is 1. The van der Waals surface area contributed by atoms with Crippen molar-refractivity contribution in [1.82, 2.24) is 21.3 Å². The average molecular weight is 508 g/mol. The minimum atomic E-state index is -1.54. The molecule has 0 aromatic carbocycles. The van der Waals surface area contributed by atoms with Crippen LogP contribution in [0.5, 0.6) is 0 Å². The first-order valence-corrected chi connectivity index (χ1v) is 10.3. The summed E-state index contributed by atoms with van der Waals surface area (Å²) in [6.45, 7) is -0.404. The Bertz CT molecular complexity index is 822. The predicted octanol–water partition coefficient (Wildman–Crippen LogP) is -4.74. The van der Waals surface area contributed by atoms with Crippen molar-refractivity contribution in [2.45, 2.75) is 56.0 Å². The number of carbonyl (C=O) groups is 5. The number of nitrogens with zero attached hydrogens (tertiary/aromatic N) is 1. The molecule has 0 spiro atoms. The Kier molecular flexibility index (Phi) is 11.0. The number of carbonyl (C=O) groups excluding carboxylic acids is 4. The lowest BCUT2D eigenvalue weighted by Crippen LogP contribution is -2.55. The zero-order chi connectivity index (χ0) is 24.7. The Morgan fingerprint density at radius 2 is 1.65 bits per heavy atom. The number of fused-ring (bicyclic) bond motifs is 2. The van der Waals surface area contributed by atoms with Crippen molar-refractivity contribution in [3.63, 3.8) is 0 Å². The second kappa shape index (κ2) is 12.9. The molecule has 1 aliphatic carbocycles. The van der Waals surface area contributed by atoms with E-state index < -0.39 is 78.8 Å². The van der Waals surface area contributed by atoms with Gasteiger partial charge in [0.05, 0.1) is 31.0 Å². The first-order chi connectivity index (χ1) is 15.5. The molecule has 1 aliphatic heterocycles. The molecule has 2 rings (SSSR count). The highest BCUT2D eigenvalue weighted by molar-refractivity contribution is 5.94. The fourth-order valence-corrected chi connectivity index (χ4v) is 3.69. The number of hydrogen-bond acceptors (Lipinski definition) is 8. The summed E-state index contributed by atoms with van der Waals surface area (Å²) < 4.78 is 0. The van der Waals surface area contributed by atoms with E-state index in [9.17, 15) is 34.2 Å². The van der Waals surface area contributed by atoms with Crippen molar-refractivity contribution in [2.24, 2.45) is 22.4 Å². The molecule has 2 bridgehead atoms. The van der Waals surface area contributed by atoms with Crippen LogP contribution in [-0.2, 0) is 24.0 Å². The lowest BCUT2D eigenvalue weighted by molar-refractivity contribution is -0.141. The molecule has 1 saturated carbocycles. The molecule has 0 unspecified atom stereocenters. The molecule has 1 saturated heterocycles. The summed E-state index contributed by atoms with van der Waals surface area (Å²) in [5, 5.41) is 39.1. The number of aliphatic hydroxyl groups is 2. The van der Waals surface area contributed by atoms with Crippen LogP contribution in [0, 0.1) is 5.92 Å². The molecule has 1 heterocycles. The van der Waals surface area contributed by atoms with Gasteiger partial charge in [0.25, 0.3) is 0 Å². The summed E-state index contributed by atoms with van der Waals surface area (Å²) in [6, 6.07) is -3.67. The fourth-order valence-electron chi connectivity index (χ4n) is 3.69. The number of aliphatic carboxylic acids is 1. The van der Waals surface area contributed by atoms with Crippen LogP contribution in [0.1, 0.15) is 25.7 Å². The molecule has 15 nitrogen and oxygen atoms in total. The maximum Gasteiger partial charge on any atom is 0.305 e. The van der Waals surface area contributed by atoms with Gasteiger partial charge in [0.1, 0.15) is 18.2 Å². The highest BCUT2D eigenvalue weighted by atomic mass is 35.5. The van der Waals surface area contributed by atoms with Gasteiger partial charge in [-0.2, -0.15) is 0 Å². The SMILES string of the molecule is Cl.NC(N)=NCCC[C@@H]1NC(=O)[C@H]2C[C@@H](NC(=O)[C@H](CC(=O)O)NC(=O)CNC1=O)[C@H](O)[C@H]2O. The second-order valence-electron chi connectivity index (χ2n) is 7.88. The molecule has 34 heavy (non-hydrogen) atoms. The van der Waals surface area contributed by atoms with Crippen molar-refractivity contribution >= 4 is 48.0 Å². The van der Waals surface area contributed by atoms with Gasteiger partial charge in [-0.25, -0.2) is 0 Å². The summed E-state index contributed by atoms with van der Waals surface area (Å²) in [6.07, 6.45) is -3.59. The number of guanidine groups is 1. The van der Waals surface area contributed by atoms with E-state index in [4.69, 9.17) is 16.6 Å². The summed E-state index contributed by atoms with van der Waals surface area (Å²) >= 11 is 0. The number of hydrogen-bond donors (Lipinski definition) is 9. The van der Waals surface area contributed by atoms with Crippen molar-refractivity contribution in [2.75, 3.05) is 13.1 Å².